The largest absolute Gasteiger partial charge is 0.377 e. The number of methoxy groups -OCH3 is 1. The van der Waals surface area contributed by atoms with Crippen LogP contribution in [-0.4, -0.2) is 19.7 Å². The van der Waals surface area contributed by atoms with Gasteiger partial charge in [-0.2, -0.15) is 0 Å². The summed E-state index contributed by atoms with van der Waals surface area (Å²) in [7, 11) is 1.65. The number of nitrogens with one attached hydrogen (secondary N) is 1. The average Bonchev–Trinajstić information content (AvgIpc) is 2.25. The molecule has 4 heteroatoms. The van der Waals surface area contributed by atoms with Crippen LogP contribution in [-0.2, 0) is 4.74 Å². The van der Waals surface area contributed by atoms with Gasteiger partial charge in [0.25, 0.3) is 0 Å². The van der Waals surface area contributed by atoms with Crippen molar-refractivity contribution < 1.29 is 9.53 Å². The molecule has 0 heterocycles. The van der Waals surface area contributed by atoms with Crippen molar-refractivity contribution in [2.75, 3.05) is 13.7 Å². The summed E-state index contributed by atoms with van der Waals surface area (Å²) in [6.07, 6.45) is 0.710. The molecule has 0 saturated carbocycles. The summed E-state index contributed by atoms with van der Waals surface area (Å²) in [5.41, 5.74) is 6.07. The van der Waals surface area contributed by atoms with Gasteiger partial charge in [0.2, 0.25) is 0 Å². The van der Waals surface area contributed by atoms with Crippen LogP contribution in [0.2, 0.25) is 0 Å². The van der Waals surface area contributed by atoms with E-state index < -0.39 is 6.03 Å². The summed E-state index contributed by atoms with van der Waals surface area (Å²) in [6, 6.07) is 9.37. The lowest BCUT2D eigenvalue weighted by Crippen LogP contribution is -2.30. The number of urea groups is 1. The molecule has 0 saturated heterocycles. The minimum atomic E-state index is -0.502. The molecule has 0 aliphatic carbocycles. The van der Waals surface area contributed by atoms with Gasteiger partial charge in [0.15, 0.2) is 0 Å². The number of amides is 2. The second-order valence-electron chi connectivity index (χ2n) is 3.21. The first kappa shape index (κ1) is 11.5. The number of hydrogen-bond acceptors (Lipinski definition) is 2. The summed E-state index contributed by atoms with van der Waals surface area (Å²) < 4.78 is 5.33. The van der Waals surface area contributed by atoms with Crippen LogP contribution in [0.15, 0.2) is 30.3 Å². The molecule has 0 aliphatic rings. The third-order valence-electron chi connectivity index (χ3n) is 2.16. The minimum Gasteiger partial charge on any atom is -0.377 e. The van der Waals surface area contributed by atoms with Crippen LogP contribution >= 0.6 is 0 Å². The Hall–Kier alpha value is -1.55. The van der Waals surface area contributed by atoms with Gasteiger partial charge in [-0.15, -0.1) is 0 Å². The van der Waals surface area contributed by atoms with E-state index in [9.17, 15) is 4.79 Å². The Morgan fingerprint density at radius 3 is 2.67 bits per heavy atom. The average molecular weight is 208 g/mol. The molecule has 1 aromatic rings. The van der Waals surface area contributed by atoms with E-state index in [4.69, 9.17) is 10.5 Å². The van der Waals surface area contributed by atoms with Gasteiger partial charge in [-0.3, -0.25) is 0 Å². The molecule has 0 radical (unpaired) electrons. The Balaban J connectivity index is 2.46. The van der Waals surface area contributed by atoms with Gasteiger partial charge in [0.1, 0.15) is 0 Å². The van der Waals surface area contributed by atoms with Gasteiger partial charge in [0, 0.05) is 13.7 Å². The Kier molecular flexibility index (Phi) is 4.63. The van der Waals surface area contributed by atoms with Gasteiger partial charge >= 0.3 is 6.03 Å². The zero-order valence-electron chi connectivity index (χ0n) is 8.77. The number of primary amides is 1. The Morgan fingerprint density at radius 2 is 2.13 bits per heavy atom. The van der Waals surface area contributed by atoms with Gasteiger partial charge in [-0.25, -0.2) is 4.79 Å². The number of carbonyl (C=O) groups excluding carboxylic acids is 1. The van der Waals surface area contributed by atoms with E-state index in [1.165, 1.54) is 0 Å². The van der Waals surface area contributed by atoms with Crippen molar-refractivity contribution >= 4 is 6.03 Å². The molecule has 4 nitrogen and oxygen atoms in total. The van der Waals surface area contributed by atoms with E-state index in [1.54, 1.807) is 7.11 Å². The normalized spacial score (nSPS) is 12.1. The highest BCUT2D eigenvalue weighted by Crippen LogP contribution is 2.18. The molecule has 2 amide bonds. The predicted octanol–water partition coefficient (Wildman–Crippen LogP) is 1.43. The number of nitrogens with two attached hydrogens (primary N) is 1. The molecule has 1 rings (SSSR count). The molecule has 1 aromatic carbocycles. The number of carbonyl (C=O) groups is 1. The molecule has 3 N–H and O–H groups in total. The Bertz CT molecular complexity index is 301. The van der Waals surface area contributed by atoms with Crippen LogP contribution in [0, 0.1) is 0 Å². The maximum absolute atomic E-state index is 10.5. The Morgan fingerprint density at radius 1 is 1.47 bits per heavy atom. The minimum absolute atomic E-state index is 0.00181. The summed E-state index contributed by atoms with van der Waals surface area (Å²) in [6.45, 7) is 0.517. The van der Waals surface area contributed by atoms with Crippen LogP contribution in [0.3, 0.4) is 0 Å². The third kappa shape index (κ3) is 3.99. The molecule has 1 unspecified atom stereocenters. The predicted molar refractivity (Wildman–Crippen MR) is 58.4 cm³/mol. The highest BCUT2D eigenvalue weighted by atomic mass is 16.5. The fourth-order valence-electron chi connectivity index (χ4n) is 1.41. The van der Waals surface area contributed by atoms with Crippen LogP contribution in [0.5, 0.6) is 0 Å². The maximum Gasteiger partial charge on any atom is 0.312 e. The smallest absolute Gasteiger partial charge is 0.312 e. The standard InChI is InChI=1S/C11H16N2O2/c1-15-10(7-8-13-11(12)14)9-5-3-2-4-6-9/h2-6,10H,7-8H2,1H3,(H3,12,13,14). The van der Waals surface area contributed by atoms with Crippen LogP contribution in [0.1, 0.15) is 18.1 Å². The molecule has 1 atom stereocenters. The molecular formula is C11H16N2O2. The van der Waals surface area contributed by atoms with Gasteiger partial charge < -0.3 is 15.8 Å². The van der Waals surface area contributed by atoms with Crippen molar-refractivity contribution in [3.05, 3.63) is 35.9 Å². The summed E-state index contributed by atoms with van der Waals surface area (Å²) in [4.78, 5) is 10.5. The van der Waals surface area contributed by atoms with Crippen LogP contribution in [0.4, 0.5) is 4.79 Å². The quantitative estimate of drug-likeness (QED) is 0.768. The van der Waals surface area contributed by atoms with E-state index in [-0.39, 0.29) is 6.10 Å². The molecule has 0 fully saturated rings. The van der Waals surface area contributed by atoms with Crippen molar-refractivity contribution in [3.63, 3.8) is 0 Å². The zero-order valence-corrected chi connectivity index (χ0v) is 8.77. The first-order chi connectivity index (χ1) is 7.24. The first-order valence-corrected chi connectivity index (χ1v) is 4.85. The fraction of sp³-hybridized carbons (Fsp3) is 0.364. The summed E-state index contributed by atoms with van der Waals surface area (Å²) >= 11 is 0. The molecule has 82 valence electrons. The number of ether oxygens (including phenoxy) is 1. The van der Waals surface area contributed by atoms with E-state index >= 15 is 0 Å². The number of hydrogen-bond donors (Lipinski definition) is 2. The van der Waals surface area contributed by atoms with Gasteiger partial charge in [-0.1, -0.05) is 30.3 Å². The lowest BCUT2D eigenvalue weighted by Gasteiger charge is -2.15. The van der Waals surface area contributed by atoms with Crippen molar-refractivity contribution in [1.82, 2.24) is 5.32 Å². The van der Waals surface area contributed by atoms with Crippen molar-refractivity contribution in [1.29, 1.82) is 0 Å². The fourth-order valence-corrected chi connectivity index (χ4v) is 1.41. The summed E-state index contributed by atoms with van der Waals surface area (Å²) in [5.74, 6) is 0. The molecule has 0 aromatic heterocycles. The maximum atomic E-state index is 10.5. The first-order valence-electron chi connectivity index (χ1n) is 4.85. The van der Waals surface area contributed by atoms with Crippen LogP contribution < -0.4 is 11.1 Å². The molecular weight excluding hydrogens is 192 g/mol. The topological polar surface area (TPSA) is 64.3 Å². The zero-order chi connectivity index (χ0) is 11.1. The molecule has 0 spiro atoms. The Labute approximate surface area is 89.4 Å². The summed E-state index contributed by atoms with van der Waals surface area (Å²) in [5, 5.41) is 2.54. The number of benzene rings is 1. The van der Waals surface area contributed by atoms with Crippen molar-refractivity contribution in [2.45, 2.75) is 12.5 Å². The van der Waals surface area contributed by atoms with Crippen molar-refractivity contribution in [2.24, 2.45) is 5.73 Å². The van der Waals surface area contributed by atoms with Gasteiger partial charge in [0.05, 0.1) is 6.10 Å². The second kappa shape index (κ2) is 6.03. The number of rotatable bonds is 5. The second-order valence-corrected chi connectivity index (χ2v) is 3.21. The molecule has 15 heavy (non-hydrogen) atoms. The highest BCUT2D eigenvalue weighted by Gasteiger charge is 2.09. The van der Waals surface area contributed by atoms with Crippen LogP contribution in [0.25, 0.3) is 0 Å². The molecule has 0 bridgehead atoms. The third-order valence-corrected chi connectivity index (χ3v) is 2.16. The van der Waals surface area contributed by atoms with Gasteiger partial charge in [-0.05, 0) is 12.0 Å². The van der Waals surface area contributed by atoms with E-state index in [2.05, 4.69) is 5.32 Å². The SMILES string of the molecule is COC(CCNC(N)=O)c1ccccc1. The van der Waals surface area contributed by atoms with Crippen molar-refractivity contribution in [3.8, 4) is 0 Å². The molecule has 0 aliphatic heterocycles. The highest BCUT2D eigenvalue weighted by molar-refractivity contribution is 5.71. The van der Waals surface area contributed by atoms with E-state index in [0.717, 1.165) is 5.56 Å². The van der Waals surface area contributed by atoms with E-state index in [0.29, 0.717) is 13.0 Å². The monoisotopic (exact) mass is 208 g/mol. The lowest BCUT2D eigenvalue weighted by molar-refractivity contribution is 0.0962. The lowest BCUT2D eigenvalue weighted by atomic mass is 10.1. The van der Waals surface area contributed by atoms with E-state index in [1.807, 2.05) is 30.3 Å².